The molecule has 5 heavy (non-hydrogen) atoms. The summed E-state index contributed by atoms with van der Waals surface area (Å²) in [7, 11) is 0. The minimum absolute atomic E-state index is 1.20. The number of alkyl halides is 1. The van der Waals surface area contributed by atoms with Crippen molar-refractivity contribution in [1.82, 2.24) is 0 Å². The van der Waals surface area contributed by atoms with Crippen molar-refractivity contribution in [2.75, 3.05) is 0 Å². The van der Waals surface area contributed by atoms with E-state index in [4.69, 9.17) is 13.0 Å². The number of hydrogen-bond donors (Lipinski definition) is 0. The maximum absolute atomic E-state index is 9.26. The molecule has 0 spiro atoms. The zero-order chi connectivity index (χ0) is 5.21. The lowest BCUT2D eigenvalue weighted by Gasteiger charge is -1.75. The van der Waals surface area contributed by atoms with E-state index in [1.54, 1.807) is 0 Å². The van der Waals surface area contributed by atoms with Crippen molar-refractivity contribution in [3.8, 4) is 0 Å². The first-order valence-electron chi connectivity index (χ1n) is 1.60. The fraction of sp³-hybridized carbons (Fsp3) is 1.00. The Hall–Kier alpha value is -0.110. The van der Waals surface area contributed by atoms with E-state index in [2.05, 4.69) is 5.18 Å². The SMILES string of the molecule is [2H]C(C)(Cl)N=O. The van der Waals surface area contributed by atoms with Gasteiger partial charge in [-0.15, -0.1) is 4.91 Å². The van der Waals surface area contributed by atoms with Crippen LogP contribution >= 0.6 is 11.6 Å². The largest absolute Gasteiger partial charge is 0.162 e. The Labute approximate surface area is 36.5 Å². The van der Waals surface area contributed by atoms with E-state index in [0.29, 0.717) is 0 Å². The van der Waals surface area contributed by atoms with Crippen LogP contribution in [0, 0.1) is 4.91 Å². The third-order valence-electron chi connectivity index (χ3n) is 0.126. The van der Waals surface area contributed by atoms with Crippen LogP contribution in [0.1, 0.15) is 8.29 Å². The van der Waals surface area contributed by atoms with Crippen LogP contribution in [0.3, 0.4) is 0 Å². The highest BCUT2D eigenvalue weighted by atomic mass is 35.5. The molecule has 1 atom stereocenters. The molecule has 0 aromatic rings. The predicted molar refractivity (Wildman–Crippen MR) is 21.1 cm³/mol. The third kappa shape index (κ3) is 3.89. The van der Waals surface area contributed by atoms with E-state index < -0.39 is 5.48 Å². The summed E-state index contributed by atoms with van der Waals surface area (Å²) in [6.07, 6.45) is 0. The first kappa shape index (κ1) is 3.09. The number of nitrogens with zero attached hydrogens (tertiary/aromatic N) is 1. The topological polar surface area (TPSA) is 29.4 Å². The molecule has 0 amide bonds. The summed E-state index contributed by atoms with van der Waals surface area (Å²) < 4.78 is 6.47. The monoisotopic (exact) mass is 94.0 g/mol. The molecule has 0 bridgehead atoms. The number of rotatable bonds is 1. The zero-order valence-corrected chi connectivity index (χ0v) is 3.49. The highest BCUT2D eigenvalue weighted by molar-refractivity contribution is 6.20. The summed E-state index contributed by atoms with van der Waals surface area (Å²) in [5.41, 5.74) is -1.67. The minimum atomic E-state index is -1.67. The van der Waals surface area contributed by atoms with Gasteiger partial charge in [0.25, 0.3) is 0 Å². The smallest absolute Gasteiger partial charge is 0.149 e. The lowest BCUT2D eigenvalue weighted by atomic mass is 10.8. The molecule has 0 aliphatic carbocycles. The van der Waals surface area contributed by atoms with Gasteiger partial charge >= 0.3 is 0 Å². The Bertz CT molecular complexity index is 59.1. The molecule has 1 unspecified atom stereocenters. The van der Waals surface area contributed by atoms with Crippen molar-refractivity contribution in [3.05, 3.63) is 4.91 Å². The maximum Gasteiger partial charge on any atom is 0.162 e. The van der Waals surface area contributed by atoms with Gasteiger partial charge in [0, 0.05) is 0 Å². The van der Waals surface area contributed by atoms with Gasteiger partial charge in [-0.05, 0) is 6.92 Å². The number of nitroso groups, excluding NO2 is 1. The predicted octanol–water partition coefficient (Wildman–Crippen LogP) is 1.34. The maximum atomic E-state index is 9.26. The van der Waals surface area contributed by atoms with Crippen LogP contribution in [0.2, 0.25) is 0 Å². The molecule has 0 saturated heterocycles. The van der Waals surface area contributed by atoms with Gasteiger partial charge in [0.15, 0.2) is 5.48 Å². The van der Waals surface area contributed by atoms with Crippen LogP contribution in [0.25, 0.3) is 0 Å². The first-order chi connectivity index (χ1) is 2.56. The molecular weight excluding hydrogens is 89.5 g/mol. The Balaban J connectivity index is 3.45. The molecule has 0 rings (SSSR count). The van der Waals surface area contributed by atoms with Gasteiger partial charge in [0.2, 0.25) is 0 Å². The van der Waals surface area contributed by atoms with Gasteiger partial charge in [0.1, 0.15) is 0 Å². The lowest BCUT2D eigenvalue weighted by Crippen LogP contribution is -1.75. The molecule has 0 aliphatic rings. The van der Waals surface area contributed by atoms with Gasteiger partial charge in [-0.2, -0.15) is 0 Å². The standard InChI is InChI=1S/C2H4ClNO/c1-2(3)4-5/h2H,1H3/i2D. The molecule has 0 aromatic heterocycles. The van der Waals surface area contributed by atoms with E-state index >= 15 is 0 Å². The second-order valence-corrected chi connectivity index (χ2v) is 1.14. The summed E-state index contributed by atoms with van der Waals surface area (Å²) in [6, 6.07) is 0. The lowest BCUT2D eigenvalue weighted by molar-refractivity contribution is 1.02. The van der Waals surface area contributed by atoms with Crippen molar-refractivity contribution in [3.63, 3.8) is 0 Å². The van der Waals surface area contributed by atoms with Crippen LogP contribution < -0.4 is 0 Å². The minimum Gasteiger partial charge on any atom is -0.149 e. The summed E-state index contributed by atoms with van der Waals surface area (Å²) >= 11 is 4.91. The average Bonchev–Trinajstić information content (AvgIpc) is 1.35. The molecule has 0 heterocycles. The van der Waals surface area contributed by atoms with Crippen LogP contribution in [-0.4, -0.2) is 5.48 Å². The number of hydrogen-bond acceptors (Lipinski definition) is 2. The summed E-state index contributed by atoms with van der Waals surface area (Å²) in [5.74, 6) is 0. The summed E-state index contributed by atoms with van der Waals surface area (Å²) in [6.45, 7) is 1.20. The Morgan fingerprint density at radius 2 is 2.60 bits per heavy atom. The van der Waals surface area contributed by atoms with Crippen molar-refractivity contribution >= 4 is 11.6 Å². The summed E-state index contributed by atoms with van der Waals surface area (Å²) in [5, 5.41) is 2.20. The molecule has 0 aliphatic heterocycles. The van der Waals surface area contributed by atoms with Gasteiger partial charge < -0.3 is 0 Å². The highest BCUT2D eigenvalue weighted by Crippen LogP contribution is 1.89. The average molecular weight is 94.5 g/mol. The van der Waals surface area contributed by atoms with Crippen molar-refractivity contribution in [1.29, 1.82) is 0 Å². The van der Waals surface area contributed by atoms with Crippen molar-refractivity contribution in [2.24, 2.45) is 5.18 Å². The highest BCUT2D eigenvalue weighted by Gasteiger charge is 1.83. The molecule has 30 valence electrons. The van der Waals surface area contributed by atoms with Crippen LogP contribution in [0.5, 0.6) is 0 Å². The Morgan fingerprint density at radius 1 is 2.40 bits per heavy atom. The Morgan fingerprint density at radius 3 is 2.60 bits per heavy atom. The Kier molecular flexibility index (Phi) is 1.33. The quantitative estimate of drug-likeness (QED) is 0.274. The van der Waals surface area contributed by atoms with E-state index in [1.807, 2.05) is 0 Å². The van der Waals surface area contributed by atoms with Crippen LogP contribution in [-0.2, 0) is 0 Å². The molecule has 3 heteroatoms. The van der Waals surface area contributed by atoms with E-state index in [1.165, 1.54) is 6.92 Å². The molecule has 2 nitrogen and oxygen atoms in total. The number of halogens is 1. The molecule has 0 aromatic carbocycles. The normalized spacial score (nSPS) is 23.2. The van der Waals surface area contributed by atoms with Crippen LogP contribution in [0.4, 0.5) is 0 Å². The van der Waals surface area contributed by atoms with Crippen molar-refractivity contribution < 1.29 is 1.37 Å². The molecule has 0 saturated carbocycles. The van der Waals surface area contributed by atoms with Gasteiger partial charge in [-0.3, -0.25) is 0 Å². The van der Waals surface area contributed by atoms with E-state index in [0.717, 1.165) is 0 Å². The van der Waals surface area contributed by atoms with Gasteiger partial charge in [-0.1, -0.05) is 16.8 Å². The molecule has 0 radical (unpaired) electrons. The van der Waals surface area contributed by atoms with E-state index in [9.17, 15) is 4.91 Å². The van der Waals surface area contributed by atoms with E-state index in [-0.39, 0.29) is 0 Å². The first-order valence-corrected chi connectivity index (χ1v) is 1.47. The van der Waals surface area contributed by atoms with Gasteiger partial charge in [0.05, 0.1) is 1.37 Å². The molecular formula is C2H4ClNO. The fourth-order valence-corrected chi connectivity index (χ4v) is 0. The second kappa shape index (κ2) is 2.15. The second-order valence-electron chi connectivity index (χ2n) is 0.588. The van der Waals surface area contributed by atoms with Crippen molar-refractivity contribution in [2.45, 2.75) is 12.4 Å². The molecule has 0 fully saturated rings. The third-order valence-corrected chi connectivity index (χ3v) is 0.195. The molecule has 0 N–H and O–H groups in total. The fourth-order valence-electron chi connectivity index (χ4n) is 0. The van der Waals surface area contributed by atoms with Crippen LogP contribution in [0.15, 0.2) is 5.18 Å². The summed E-state index contributed by atoms with van der Waals surface area (Å²) in [4.78, 5) is 9.26. The zero-order valence-electron chi connectivity index (χ0n) is 3.73. The van der Waals surface area contributed by atoms with Gasteiger partial charge in [-0.25, -0.2) is 0 Å².